The lowest BCUT2D eigenvalue weighted by Gasteiger charge is -2.10. The van der Waals surface area contributed by atoms with Crippen LogP contribution in [-0.4, -0.2) is 22.2 Å². The molecule has 31 heavy (non-hydrogen) atoms. The Balaban J connectivity index is 1.63. The summed E-state index contributed by atoms with van der Waals surface area (Å²) < 4.78 is 11.2. The molecule has 3 aromatic heterocycles. The van der Waals surface area contributed by atoms with Crippen LogP contribution in [0.2, 0.25) is 0 Å². The summed E-state index contributed by atoms with van der Waals surface area (Å²) in [4.78, 5) is 8.34. The van der Waals surface area contributed by atoms with E-state index >= 15 is 0 Å². The van der Waals surface area contributed by atoms with Crippen molar-refractivity contribution in [2.24, 2.45) is 0 Å². The molecule has 3 heterocycles. The Labute approximate surface area is 179 Å². The maximum atomic E-state index is 5.80. The van der Waals surface area contributed by atoms with E-state index in [1.807, 2.05) is 26.1 Å². The molecule has 0 radical (unpaired) electrons. The first-order chi connectivity index (χ1) is 15.1. The largest absolute Gasteiger partial charge is 0.496 e. The van der Waals surface area contributed by atoms with Crippen molar-refractivity contribution < 1.29 is 9.26 Å². The summed E-state index contributed by atoms with van der Waals surface area (Å²) in [6, 6.07) is 12.8. The quantitative estimate of drug-likeness (QED) is 0.385. The number of aromatic nitrogens is 3. The molecule has 1 aliphatic carbocycles. The molecule has 0 saturated carbocycles. The first kappa shape index (κ1) is 18.0. The fraction of sp³-hybridized carbons (Fsp3) is 0.154. The van der Waals surface area contributed by atoms with Crippen molar-refractivity contribution in [1.82, 2.24) is 15.1 Å². The number of pyridine rings is 1. The van der Waals surface area contributed by atoms with E-state index in [0.717, 1.165) is 67.8 Å². The van der Waals surface area contributed by atoms with Crippen LogP contribution in [-0.2, 0) is 6.42 Å². The van der Waals surface area contributed by atoms with Gasteiger partial charge >= 0.3 is 0 Å². The zero-order valence-corrected chi connectivity index (χ0v) is 17.6. The maximum Gasteiger partial charge on any atom is 0.141 e. The van der Waals surface area contributed by atoms with Crippen molar-refractivity contribution in [1.29, 1.82) is 0 Å². The predicted octanol–water partition coefficient (Wildman–Crippen LogP) is 6.23. The molecular formula is C26H21N3O2. The van der Waals surface area contributed by atoms with Crippen LogP contribution < -0.4 is 4.74 Å². The van der Waals surface area contributed by atoms with E-state index in [2.05, 4.69) is 52.6 Å². The summed E-state index contributed by atoms with van der Waals surface area (Å²) in [5.74, 6) is 1.56. The summed E-state index contributed by atoms with van der Waals surface area (Å²) >= 11 is 0. The van der Waals surface area contributed by atoms with E-state index in [0.29, 0.717) is 0 Å². The van der Waals surface area contributed by atoms with Crippen LogP contribution in [0.1, 0.15) is 22.6 Å². The SMILES string of the molecule is COc1cc2c(cc1-c1c(C)noc1C)[nH]c1ccnc(-c3ccc4c(c3)C=CC4)c12. The third-order valence-electron chi connectivity index (χ3n) is 6.19. The first-order valence-electron chi connectivity index (χ1n) is 10.4. The van der Waals surface area contributed by atoms with Crippen molar-refractivity contribution in [3.8, 4) is 28.1 Å². The van der Waals surface area contributed by atoms with Gasteiger partial charge in [-0.1, -0.05) is 29.4 Å². The van der Waals surface area contributed by atoms with E-state index < -0.39 is 0 Å². The van der Waals surface area contributed by atoms with Gasteiger partial charge in [-0.25, -0.2) is 0 Å². The normalized spacial score (nSPS) is 12.7. The second-order valence-corrected chi connectivity index (χ2v) is 8.02. The molecule has 5 heteroatoms. The number of allylic oxidation sites excluding steroid dienone is 1. The molecule has 0 unspecified atom stereocenters. The summed E-state index contributed by atoms with van der Waals surface area (Å²) in [5, 5.41) is 6.30. The molecule has 6 rings (SSSR count). The number of rotatable bonds is 3. The van der Waals surface area contributed by atoms with Gasteiger partial charge < -0.3 is 14.2 Å². The van der Waals surface area contributed by atoms with Crippen molar-refractivity contribution in [3.05, 3.63) is 71.3 Å². The molecule has 2 aromatic carbocycles. The smallest absolute Gasteiger partial charge is 0.141 e. The Bertz CT molecular complexity index is 1500. The van der Waals surface area contributed by atoms with Gasteiger partial charge in [0.05, 0.1) is 29.6 Å². The van der Waals surface area contributed by atoms with Crippen LogP contribution in [0.25, 0.3) is 50.3 Å². The Kier molecular flexibility index (Phi) is 3.81. The number of nitrogens with one attached hydrogen (secondary N) is 1. The van der Waals surface area contributed by atoms with Crippen LogP contribution in [0.15, 0.2) is 53.2 Å². The molecule has 0 amide bonds. The molecule has 1 N–H and O–H groups in total. The lowest BCUT2D eigenvalue weighted by Crippen LogP contribution is -1.91. The molecule has 152 valence electrons. The zero-order valence-electron chi connectivity index (χ0n) is 17.6. The van der Waals surface area contributed by atoms with E-state index in [9.17, 15) is 0 Å². The van der Waals surface area contributed by atoms with Crippen LogP contribution in [0, 0.1) is 13.8 Å². The Morgan fingerprint density at radius 2 is 1.97 bits per heavy atom. The summed E-state index contributed by atoms with van der Waals surface area (Å²) in [5.41, 5.74) is 9.59. The molecule has 5 nitrogen and oxygen atoms in total. The molecule has 0 fully saturated rings. The minimum Gasteiger partial charge on any atom is -0.496 e. The number of benzene rings is 2. The topological polar surface area (TPSA) is 63.9 Å². The lowest BCUT2D eigenvalue weighted by atomic mass is 9.98. The molecular weight excluding hydrogens is 386 g/mol. The minimum absolute atomic E-state index is 0.778. The number of aryl methyl sites for hydroxylation is 2. The van der Waals surface area contributed by atoms with E-state index in [1.54, 1.807) is 7.11 Å². The van der Waals surface area contributed by atoms with Gasteiger partial charge in [0.1, 0.15) is 11.5 Å². The predicted molar refractivity (Wildman–Crippen MR) is 123 cm³/mol. The number of methoxy groups -OCH3 is 1. The molecule has 5 aromatic rings. The molecule has 0 atom stereocenters. The highest BCUT2D eigenvalue weighted by atomic mass is 16.5. The maximum absolute atomic E-state index is 5.80. The number of hydrogen-bond acceptors (Lipinski definition) is 4. The zero-order chi connectivity index (χ0) is 21.1. The summed E-state index contributed by atoms with van der Waals surface area (Å²) in [6.07, 6.45) is 7.26. The number of aromatic amines is 1. The molecule has 1 aliphatic rings. The van der Waals surface area contributed by atoms with Crippen LogP contribution >= 0.6 is 0 Å². The number of H-pyrrole nitrogens is 1. The highest BCUT2D eigenvalue weighted by molar-refractivity contribution is 6.14. The second kappa shape index (κ2) is 6.57. The monoisotopic (exact) mass is 407 g/mol. The van der Waals surface area contributed by atoms with E-state index in [-0.39, 0.29) is 0 Å². The summed E-state index contributed by atoms with van der Waals surface area (Å²) in [6.45, 7) is 3.87. The Morgan fingerprint density at radius 1 is 1.06 bits per heavy atom. The van der Waals surface area contributed by atoms with Gasteiger partial charge in [0, 0.05) is 33.6 Å². The lowest BCUT2D eigenvalue weighted by molar-refractivity contribution is 0.393. The van der Waals surface area contributed by atoms with Gasteiger partial charge in [-0.15, -0.1) is 0 Å². The van der Waals surface area contributed by atoms with Crippen molar-refractivity contribution in [3.63, 3.8) is 0 Å². The fourth-order valence-corrected chi connectivity index (χ4v) is 4.72. The van der Waals surface area contributed by atoms with Gasteiger partial charge in [-0.3, -0.25) is 4.98 Å². The number of hydrogen-bond donors (Lipinski definition) is 1. The minimum atomic E-state index is 0.778. The average molecular weight is 407 g/mol. The highest BCUT2D eigenvalue weighted by Gasteiger charge is 2.20. The second-order valence-electron chi connectivity index (χ2n) is 8.02. The molecule has 0 saturated heterocycles. The van der Waals surface area contributed by atoms with E-state index in [4.69, 9.17) is 14.2 Å². The highest BCUT2D eigenvalue weighted by Crippen LogP contribution is 2.41. The van der Waals surface area contributed by atoms with Gasteiger partial charge in [0.2, 0.25) is 0 Å². The van der Waals surface area contributed by atoms with Gasteiger partial charge in [0.15, 0.2) is 0 Å². The summed E-state index contributed by atoms with van der Waals surface area (Å²) in [7, 11) is 1.70. The Hall–Kier alpha value is -3.86. The van der Waals surface area contributed by atoms with Crippen LogP contribution in [0.3, 0.4) is 0 Å². The molecule has 0 bridgehead atoms. The van der Waals surface area contributed by atoms with Gasteiger partial charge in [-0.05, 0) is 55.7 Å². The number of nitrogens with zero attached hydrogens (tertiary/aromatic N) is 2. The van der Waals surface area contributed by atoms with Gasteiger partial charge in [0.25, 0.3) is 0 Å². The third-order valence-corrected chi connectivity index (χ3v) is 6.19. The number of ether oxygens (including phenoxy) is 1. The molecule has 0 aliphatic heterocycles. The van der Waals surface area contributed by atoms with Crippen LogP contribution in [0.4, 0.5) is 0 Å². The van der Waals surface area contributed by atoms with Crippen molar-refractivity contribution in [2.45, 2.75) is 20.3 Å². The first-order valence-corrected chi connectivity index (χ1v) is 10.4. The van der Waals surface area contributed by atoms with Crippen molar-refractivity contribution >= 4 is 27.9 Å². The standard InChI is InChI=1S/C26H21N3O2/c1-14-24(15(2)31-29-14)20-12-22-19(13-23(20)30-3)25-21(28-22)9-10-27-26(25)18-8-7-16-5-4-6-17(16)11-18/h4,6-13,28H,5H2,1-3H3. The average Bonchev–Trinajstić information content (AvgIpc) is 3.48. The number of fused-ring (bicyclic) bond motifs is 4. The third kappa shape index (κ3) is 2.63. The molecule has 0 spiro atoms. The Morgan fingerprint density at radius 3 is 2.77 bits per heavy atom. The fourth-order valence-electron chi connectivity index (χ4n) is 4.72. The van der Waals surface area contributed by atoms with Crippen molar-refractivity contribution in [2.75, 3.05) is 7.11 Å². The van der Waals surface area contributed by atoms with Gasteiger partial charge in [-0.2, -0.15) is 0 Å². The van der Waals surface area contributed by atoms with E-state index in [1.165, 1.54) is 11.1 Å². The van der Waals surface area contributed by atoms with Crippen LogP contribution in [0.5, 0.6) is 5.75 Å².